The van der Waals surface area contributed by atoms with E-state index in [1.54, 1.807) is 0 Å². The molecule has 3 rings (SSSR count). The first kappa shape index (κ1) is 19.9. The lowest BCUT2D eigenvalue weighted by Crippen LogP contribution is -2.27. The van der Waals surface area contributed by atoms with Crippen LogP contribution in [0.15, 0.2) is 18.5 Å². The summed E-state index contributed by atoms with van der Waals surface area (Å²) in [5.41, 5.74) is -0.268. The number of amides is 1. The highest BCUT2D eigenvalue weighted by atomic mass is 35.5. The lowest BCUT2D eigenvalue weighted by molar-refractivity contribution is -0.137. The predicted molar refractivity (Wildman–Crippen MR) is 96.8 cm³/mol. The number of nitrogens with zero attached hydrogens (tertiary/aromatic N) is 3. The molecule has 0 spiro atoms. The molecule has 1 aliphatic heterocycles. The maximum absolute atomic E-state index is 12.9. The fraction of sp³-hybridized carbons (Fsp3) is 0.556. The molecular weight excluding hydrogens is 381 g/mol. The Balaban J connectivity index is 1.50. The van der Waals surface area contributed by atoms with Crippen molar-refractivity contribution in [2.75, 3.05) is 26.2 Å². The van der Waals surface area contributed by atoms with E-state index in [1.165, 1.54) is 36.5 Å². The molecule has 5 nitrogen and oxygen atoms in total. The summed E-state index contributed by atoms with van der Waals surface area (Å²) >= 11 is 5.90. The lowest BCUT2D eigenvalue weighted by Gasteiger charge is -2.13. The summed E-state index contributed by atoms with van der Waals surface area (Å²) in [4.78, 5) is 18.6. The maximum atomic E-state index is 12.9. The number of unbranched alkanes of at least 4 members (excludes halogenated alkanes) is 1. The van der Waals surface area contributed by atoms with E-state index in [4.69, 9.17) is 11.6 Å². The molecule has 1 saturated heterocycles. The zero-order chi connectivity index (χ0) is 19.4. The Morgan fingerprint density at radius 3 is 2.67 bits per heavy atom. The second kappa shape index (κ2) is 8.48. The number of likely N-dealkylation sites (tertiary alicyclic amines) is 1. The van der Waals surface area contributed by atoms with Gasteiger partial charge in [0.25, 0.3) is 0 Å². The van der Waals surface area contributed by atoms with Crippen LogP contribution in [-0.2, 0) is 17.4 Å². The van der Waals surface area contributed by atoms with Crippen molar-refractivity contribution in [3.63, 3.8) is 0 Å². The molecule has 9 heteroatoms. The molecule has 2 aromatic rings. The van der Waals surface area contributed by atoms with E-state index in [0.29, 0.717) is 12.2 Å². The number of rotatable bonds is 7. The van der Waals surface area contributed by atoms with Crippen molar-refractivity contribution in [3.8, 4) is 0 Å². The Labute approximate surface area is 160 Å². The van der Waals surface area contributed by atoms with Gasteiger partial charge in [-0.2, -0.15) is 13.2 Å². The van der Waals surface area contributed by atoms with Crippen LogP contribution in [0.25, 0.3) is 5.65 Å². The standard InChI is InChI=1S/C18H22ClF3N4O/c19-15-9-13(18(20,21)22)11-26-12-14(24-17(15)26)10-16(27)23-5-1-2-6-25-7-3-4-8-25/h9,11-12H,1-8,10H2,(H,23,27). The third-order valence-corrected chi connectivity index (χ3v) is 4.93. The van der Waals surface area contributed by atoms with Gasteiger partial charge < -0.3 is 14.6 Å². The van der Waals surface area contributed by atoms with Crippen molar-refractivity contribution in [1.82, 2.24) is 19.6 Å². The second-order valence-electron chi connectivity index (χ2n) is 6.82. The number of pyridine rings is 1. The third kappa shape index (κ3) is 5.35. The number of carbonyl (C=O) groups is 1. The van der Waals surface area contributed by atoms with Crippen LogP contribution in [0.2, 0.25) is 5.02 Å². The van der Waals surface area contributed by atoms with Crippen LogP contribution in [0.3, 0.4) is 0 Å². The van der Waals surface area contributed by atoms with Crippen molar-refractivity contribution in [3.05, 3.63) is 34.7 Å². The highest BCUT2D eigenvalue weighted by molar-refractivity contribution is 6.33. The number of hydrogen-bond acceptors (Lipinski definition) is 3. The van der Waals surface area contributed by atoms with Crippen LogP contribution in [0.1, 0.15) is 36.9 Å². The minimum atomic E-state index is -4.49. The molecule has 1 amide bonds. The van der Waals surface area contributed by atoms with Gasteiger partial charge in [-0.15, -0.1) is 0 Å². The maximum Gasteiger partial charge on any atom is 0.417 e. The summed E-state index contributed by atoms with van der Waals surface area (Å²) in [7, 11) is 0. The molecular formula is C18H22ClF3N4O. The van der Waals surface area contributed by atoms with E-state index in [1.807, 2.05) is 0 Å². The number of alkyl halides is 3. The largest absolute Gasteiger partial charge is 0.417 e. The van der Waals surface area contributed by atoms with Gasteiger partial charge in [0.05, 0.1) is 22.7 Å². The molecule has 3 heterocycles. The summed E-state index contributed by atoms with van der Waals surface area (Å²) in [6.07, 6.45) is 2.31. The van der Waals surface area contributed by atoms with Gasteiger partial charge in [0.2, 0.25) is 5.91 Å². The normalized spacial score (nSPS) is 15.6. The van der Waals surface area contributed by atoms with Crippen LogP contribution in [-0.4, -0.2) is 46.4 Å². The Kier molecular flexibility index (Phi) is 6.26. The quantitative estimate of drug-likeness (QED) is 0.721. The molecule has 0 aliphatic carbocycles. The van der Waals surface area contributed by atoms with E-state index in [9.17, 15) is 18.0 Å². The summed E-state index contributed by atoms with van der Waals surface area (Å²) in [6.45, 7) is 3.97. The third-order valence-electron chi connectivity index (χ3n) is 4.65. The van der Waals surface area contributed by atoms with Gasteiger partial charge in [0.1, 0.15) is 0 Å². The Hall–Kier alpha value is -1.80. The number of aromatic nitrogens is 2. The van der Waals surface area contributed by atoms with Crippen molar-refractivity contribution < 1.29 is 18.0 Å². The monoisotopic (exact) mass is 402 g/mol. The minimum absolute atomic E-state index is 0.00544. The van der Waals surface area contributed by atoms with Gasteiger partial charge in [-0.3, -0.25) is 4.79 Å². The van der Waals surface area contributed by atoms with Crippen LogP contribution in [0, 0.1) is 0 Å². The van der Waals surface area contributed by atoms with Crippen LogP contribution in [0.5, 0.6) is 0 Å². The first-order valence-electron chi connectivity index (χ1n) is 9.06. The van der Waals surface area contributed by atoms with Crippen LogP contribution >= 0.6 is 11.6 Å². The molecule has 0 atom stereocenters. The molecule has 0 aromatic carbocycles. The second-order valence-corrected chi connectivity index (χ2v) is 7.23. The van der Waals surface area contributed by atoms with Gasteiger partial charge in [-0.05, 0) is 51.4 Å². The van der Waals surface area contributed by atoms with Crippen molar-refractivity contribution in [1.29, 1.82) is 0 Å². The molecule has 1 aliphatic rings. The number of fused-ring (bicyclic) bond motifs is 1. The number of carbonyl (C=O) groups excluding carboxylic acids is 1. The first-order valence-corrected chi connectivity index (χ1v) is 9.44. The van der Waals surface area contributed by atoms with E-state index in [-0.39, 0.29) is 23.0 Å². The molecule has 148 valence electrons. The first-order chi connectivity index (χ1) is 12.8. The Morgan fingerprint density at radius 1 is 1.22 bits per heavy atom. The molecule has 0 radical (unpaired) electrons. The molecule has 0 saturated carbocycles. The smallest absolute Gasteiger partial charge is 0.356 e. The van der Waals surface area contributed by atoms with Gasteiger partial charge in [-0.1, -0.05) is 11.6 Å². The number of hydrogen-bond donors (Lipinski definition) is 1. The highest BCUT2D eigenvalue weighted by Crippen LogP contribution is 2.32. The number of imidazole rings is 1. The summed E-state index contributed by atoms with van der Waals surface area (Å²) in [5, 5.41) is 2.73. The molecule has 27 heavy (non-hydrogen) atoms. The van der Waals surface area contributed by atoms with E-state index in [0.717, 1.165) is 31.6 Å². The molecule has 0 unspecified atom stereocenters. The fourth-order valence-electron chi connectivity index (χ4n) is 3.27. The summed E-state index contributed by atoms with van der Waals surface area (Å²) < 4.78 is 39.8. The van der Waals surface area contributed by atoms with Crippen molar-refractivity contribution in [2.24, 2.45) is 0 Å². The molecule has 1 N–H and O–H groups in total. The van der Waals surface area contributed by atoms with E-state index in [2.05, 4.69) is 15.2 Å². The van der Waals surface area contributed by atoms with E-state index >= 15 is 0 Å². The predicted octanol–water partition coefficient (Wildman–Crippen LogP) is 3.54. The summed E-state index contributed by atoms with van der Waals surface area (Å²) in [6, 6.07) is 0.841. The summed E-state index contributed by atoms with van der Waals surface area (Å²) in [5.74, 6) is -0.202. The van der Waals surface area contributed by atoms with Crippen LogP contribution < -0.4 is 5.32 Å². The fourth-order valence-corrected chi connectivity index (χ4v) is 3.53. The van der Waals surface area contributed by atoms with Gasteiger partial charge in [-0.25, -0.2) is 4.98 Å². The molecule has 2 aromatic heterocycles. The van der Waals surface area contributed by atoms with Crippen molar-refractivity contribution >= 4 is 23.2 Å². The van der Waals surface area contributed by atoms with E-state index < -0.39 is 11.7 Å². The molecule has 1 fully saturated rings. The average molecular weight is 403 g/mol. The topological polar surface area (TPSA) is 49.6 Å². The van der Waals surface area contributed by atoms with Gasteiger partial charge in [0.15, 0.2) is 5.65 Å². The van der Waals surface area contributed by atoms with Gasteiger partial charge >= 0.3 is 6.18 Å². The minimum Gasteiger partial charge on any atom is -0.356 e. The zero-order valence-electron chi connectivity index (χ0n) is 14.9. The average Bonchev–Trinajstić information content (AvgIpc) is 3.23. The SMILES string of the molecule is O=C(Cc1cn2cc(C(F)(F)F)cc(Cl)c2n1)NCCCCN1CCCC1. The lowest BCUT2D eigenvalue weighted by atomic mass is 10.2. The Morgan fingerprint density at radius 2 is 1.96 bits per heavy atom. The number of halogens is 4. The zero-order valence-corrected chi connectivity index (χ0v) is 15.6. The Bertz CT molecular complexity index is 800. The van der Waals surface area contributed by atoms with Crippen molar-refractivity contribution in [2.45, 2.75) is 38.3 Å². The van der Waals surface area contributed by atoms with Gasteiger partial charge in [0, 0.05) is 18.9 Å². The highest BCUT2D eigenvalue weighted by Gasteiger charge is 2.32. The number of nitrogens with one attached hydrogen (secondary N) is 1. The molecule has 0 bridgehead atoms. The van der Waals surface area contributed by atoms with Crippen LogP contribution in [0.4, 0.5) is 13.2 Å².